The Labute approximate surface area is 91.0 Å². The van der Waals surface area contributed by atoms with Crippen molar-refractivity contribution in [2.75, 3.05) is 26.9 Å². The van der Waals surface area contributed by atoms with E-state index in [-0.39, 0.29) is 0 Å². The lowest BCUT2D eigenvalue weighted by atomic mass is 10.3. The summed E-state index contributed by atoms with van der Waals surface area (Å²) in [6.45, 7) is 3.98. The molecule has 0 aromatic heterocycles. The topological polar surface area (TPSA) is 27.7 Å². The minimum atomic E-state index is 0.651. The third-order valence-corrected chi connectivity index (χ3v) is 1.90. The monoisotopic (exact) mass is 210 g/mol. The van der Waals surface area contributed by atoms with Crippen molar-refractivity contribution in [3.05, 3.63) is 24.3 Å². The number of rotatable bonds is 7. The highest BCUT2D eigenvalue weighted by molar-refractivity contribution is 5.39. The molecule has 1 aromatic carbocycles. The third kappa shape index (κ3) is 4.21. The first-order chi connectivity index (χ1) is 7.38. The molecule has 0 aliphatic heterocycles. The van der Waals surface area contributed by atoms with Crippen molar-refractivity contribution in [3.63, 3.8) is 0 Å². The fourth-order valence-electron chi connectivity index (χ4n) is 1.23. The van der Waals surface area contributed by atoms with Crippen molar-refractivity contribution >= 4 is 0 Å². The first-order valence-electron chi connectivity index (χ1n) is 5.22. The summed E-state index contributed by atoms with van der Waals surface area (Å²) in [4.78, 5) is 0. The van der Waals surface area contributed by atoms with E-state index in [9.17, 15) is 0 Å². The van der Waals surface area contributed by atoms with Gasteiger partial charge in [-0.25, -0.2) is 0 Å². The number of hydrogen-bond acceptors (Lipinski definition) is 3. The summed E-state index contributed by atoms with van der Waals surface area (Å²) in [5.74, 6) is 1.60. The maximum atomic E-state index is 5.59. The smallest absolute Gasteiger partial charge is 0.161 e. The molecule has 0 bridgehead atoms. The van der Waals surface area contributed by atoms with E-state index >= 15 is 0 Å². The number of para-hydroxylation sites is 2. The minimum absolute atomic E-state index is 0.651. The summed E-state index contributed by atoms with van der Waals surface area (Å²) in [5.41, 5.74) is 0. The predicted molar refractivity (Wildman–Crippen MR) is 59.6 cm³/mol. The summed E-state index contributed by atoms with van der Waals surface area (Å²) >= 11 is 0. The van der Waals surface area contributed by atoms with Gasteiger partial charge in [0.1, 0.15) is 0 Å². The molecular weight excluding hydrogens is 192 g/mol. The molecule has 0 saturated heterocycles. The van der Waals surface area contributed by atoms with Crippen LogP contribution in [0.2, 0.25) is 0 Å². The van der Waals surface area contributed by atoms with E-state index in [4.69, 9.17) is 14.2 Å². The fraction of sp³-hybridized carbons (Fsp3) is 0.500. The Bertz CT molecular complexity index is 273. The molecule has 0 amide bonds. The van der Waals surface area contributed by atoms with Gasteiger partial charge in [0, 0.05) is 20.1 Å². The van der Waals surface area contributed by atoms with Crippen molar-refractivity contribution in [1.82, 2.24) is 0 Å². The Kier molecular flexibility index (Phi) is 5.63. The van der Waals surface area contributed by atoms with Crippen LogP contribution < -0.4 is 9.47 Å². The molecule has 0 fully saturated rings. The summed E-state index contributed by atoms with van der Waals surface area (Å²) in [5, 5.41) is 0. The number of hydrogen-bond donors (Lipinski definition) is 0. The van der Waals surface area contributed by atoms with Gasteiger partial charge < -0.3 is 14.2 Å². The van der Waals surface area contributed by atoms with Crippen LogP contribution >= 0.6 is 0 Å². The molecule has 0 heterocycles. The zero-order chi connectivity index (χ0) is 10.9. The van der Waals surface area contributed by atoms with Crippen molar-refractivity contribution in [2.45, 2.75) is 13.3 Å². The molecule has 84 valence electrons. The first kappa shape index (κ1) is 11.9. The number of methoxy groups -OCH3 is 1. The quantitative estimate of drug-likeness (QED) is 0.647. The predicted octanol–water partition coefficient (Wildman–Crippen LogP) is 2.50. The van der Waals surface area contributed by atoms with Crippen molar-refractivity contribution in [1.29, 1.82) is 0 Å². The Morgan fingerprint density at radius 2 is 1.67 bits per heavy atom. The number of ether oxygens (including phenoxy) is 3. The van der Waals surface area contributed by atoms with Crippen LogP contribution in [0.4, 0.5) is 0 Å². The molecule has 0 aliphatic carbocycles. The van der Waals surface area contributed by atoms with Gasteiger partial charge in [0.15, 0.2) is 11.5 Å². The van der Waals surface area contributed by atoms with Crippen LogP contribution in [0.15, 0.2) is 24.3 Å². The fourth-order valence-corrected chi connectivity index (χ4v) is 1.23. The SMILES string of the molecule is CCOc1ccccc1OCCCOC. The maximum absolute atomic E-state index is 5.59. The molecule has 15 heavy (non-hydrogen) atoms. The molecule has 1 aromatic rings. The van der Waals surface area contributed by atoms with Crippen LogP contribution in [0.3, 0.4) is 0 Å². The lowest BCUT2D eigenvalue weighted by Crippen LogP contribution is -2.03. The van der Waals surface area contributed by atoms with Gasteiger partial charge in [-0.3, -0.25) is 0 Å². The summed E-state index contributed by atoms with van der Waals surface area (Å²) in [7, 11) is 1.69. The molecular formula is C12H18O3. The van der Waals surface area contributed by atoms with Crippen LogP contribution in [-0.2, 0) is 4.74 Å². The molecule has 3 nitrogen and oxygen atoms in total. The normalized spacial score (nSPS) is 10.0. The van der Waals surface area contributed by atoms with Gasteiger partial charge in [0.2, 0.25) is 0 Å². The lowest BCUT2D eigenvalue weighted by molar-refractivity contribution is 0.170. The van der Waals surface area contributed by atoms with Crippen LogP contribution in [0.1, 0.15) is 13.3 Å². The highest BCUT2D eigenvalue weighted by Crippen LogP contribution is 2.26. The van der Waals surface area contributed by atoms with Crippen LogP contribution in [-0.4, -0.2) is 26.9 Å². The largest absolute Gasteiger partial charge is 0.490 e. The van der Waals surface area contributed by atoms with E-state index in [1.165, 1.54) is 0 Å². The molecule has 0 aliphatic rings. The molecule has 3 heteroatoms. The molecule has 0 atom stereocenters. The summed E-state index contributed by atoms with van der Waals surface area (Å²) in [6.07, 6.45) is 0.886. The lowest BCUT2D eigenvalue weighted by Gasteiger charge is -2.11. The highest BCUT2D eigenvalue weighted by Gasteiger charge is 2.02. The Balaban J connectivity index is 2.44. The van der Waals surface area contributed by atoms with Crippen molar-refractivity contribution in [2.24, 2.45) is 0 Å². The van der Waals surface area contributed by atoms with Gasteiger partial charge in [0.25, 0.3) is 0 Å². The Hall–Kier alpha value is -1.22. The van der Waals surface area contributed by atoms with Gasteiger partial charge in [-0.1, -0.05) is 12.1 Å². The van der Waals surface area contributed by atoms with E-state index in [2.05, 4.69) is 0 Å². The van der Waals surface area contributed by atoms with Gasteiger partial charge in [-0.05, 0) is 19.1 Å². The van der Waals surface area contributed by atoms with E-state index in [1.54, 1.807) is 7.11 Å². The zero-order valence-electron chi connectivity index (χ0n) is 9.36. The van der Waals surface area contributed by atoms with Crippen molar-refractivity contribution < 1.29 is 14.2 Å². The van der Waals surface area contributed by atoms with Gasteiger partial charge >= 0.3 is 0 Å². The highest BCUT2D eigenvalue weighted by atomic mass is 16.5. The van der Waals surface area contributed by atoms with E-state index in [1.807, 2.05) is 31.2 Å². The second-order valence-corrected chi connectivity index (χ2v) is 3.07. The number of benzene rings is 1. The van der Waals surface area contributed by atoms with Gasteiger partial charge in [-0.2, -0.15) is 0 Å². The van der Waals surface area contributed by atoms with Gasteiger partial charge in [0.05, 0.1) is 13.2 Å². The average molecular weight is 210 g/mol. The molecule has 1 rings (SSSR count). The summed E-state index contributed by atoms with van der Waals surface area (Å²) in [6, 6.07) is 7.70. The molecule has 0 unspecified atom stereocenters. The molecule has 0 spiro atoms. The first-order valence-corrected chi connectivity index (χ1v) is 5.22. The minimum Gasteiger partial charge on any atom is -0.490 e. The Morgan fingerprint density at radius 1 is 1.00 bits per heavy atom. The van der Waals surface area contributed by atoms with Crippen LogP contribution in [0.25, 0.3) is 0 Å². The van der Waals surface area contributed by atoms with Crippen LogP contribution in [0.5, 0.6) is 11.5 Å². The Morgan fingerprint density at radius 3 is 2.27 bits per heavy atom. The molecule has 0 N–H and O–H groups in total. The standard InChI is InChI=1S/C12H18O3/c1-3-14-11-7-4-5-8-12(11)15-10-6-9-13-2/h4-5,7-8H,3,6,9-10H2,1-2H3. The summed E-state index contributed by atoms with van der Waals surface area (Å²) < 4.78 is 16.0. The maximum Gasteiger partial charge on any atom is 0.161 e. The van der Waals surface area contributed by atoms with E-state index < -0.39 is 0 Å². The molecule has 0 radical (unpaired) electrons. The second kappa shape index (κ2) is 7.12. The van der Waals surface area contributed by atoms with Gasteiger partial charge in [-0.15, -0.1) is 0 Å². The van der Waals surface area contributed by atoms with E-state index in [0.29, 0.717) is 13.2 Å². The van der Waals surface area contributed by atoms with E-state index in [0.717, 1.165) is 24.5 Å². The molecule has 0 saturated carbocycles. The second-order valence-electron chi connectivity index (χ2n) is 3.07. The third-order valence-electron chi connectivity index (χ3n) is 1.90. The average Bonchev–Trinajstić information content (AvgIpc) is 2.27. The van der Waals surface area contributed by atoms with Crippen molar-refractivity contribution in [3.8, 4) is 11.5 Å². The zero-order valence-corrected chi connectivity index (χ0v) is 9.36. The van der Waals surface area contributed by atoms with Crippen LogP contribution in [0, 0.1) is 0 Å².